The number of nitrogens with two attached hydrogens (primary N) is 1. The van der Waals surface area contributed by atoms with Crippen LogP contribution in [0.25, 0.3) is 33.2 Å². The number of benzene rings is 2. The van der Waals surface area contributed by atoms with Crippen molar-refractivity contribution in [1.82, 2.24) is 20.0 Å². The number of H-pyrrole nitrogens is 1. The predicted molar refractivity (Wildman–Crippen MR) is 107 cm³/mol. The van der Waals surface area contributed by atoms with Gasteiger partial charge >= 0.3 is 0 Å². The van der Waals surface area contributed by atoms with Crippen LogP contribution < -0.4 is 11.3 Å². The van der Waals surface area contributed by atoms with E-state index in [0.717, 1.165) is 27.9 Å². The maximum Gasteiger partial charge on any atom is 0.272 e. The second-order valence-electron chi connectivity index (χ2n) is 6.66. The topological polar surface area (TPSA) is 113 Å². The molecule has 0 fully saturated rings. The number of nitrogens with zero attached hydrogens (tertiary/aromatic N) is 4. The summed E-state index contributed by atoms with van der Waals surface area (Å²) in [5.41, 5.74) is 11.2. The lowest BCUT2D eigenvalue weighted by Crippen LogP contribution is -2.13. The van der Waals surface area contributed by atoms with Gasteiger partial charge in [0.15, 0.2) is 0 Å². The fraction of sp³-hybridized carbons (Fsp3) is 0.143. The molecule has 0 saturated heterocycles. The summed E-state index contributed by atoms with van der Waals surface area (Å²) in [5.74, 6) is 0. The van der Waals surface area contributed by atoms with Crippen LogP contribution in [-0.2, 0) is 13.6 Å². The van der Waals surface area contributed by atoms with Gasteiger partial charge in [0, 0.05) is 30.1 Å². The average molecular weight is 370 g/mol. The van der Waals surface area contributed by atoms with E-state index in [1.165, 1.54) is 0 Å². The van der Waals surface area contributed by atoms with Crippen LogP contribution in [0.4, 0.5) is 0 Å². The normalized spacial score (nSPS) is 10.9. The first-order valence-electron chi connectivity index (χ1n) is 8.78. The molecule has 0 saturated carbocycles. The van der Waals surface area contributed by atoms with Gasteiger partial charge < -0.3 is 5.73 Å². The second-order valence-corrected chi connectivity index (χ2v) is 6.66. The fourth-order valence-electron chi connectivity index (χ4n) is 3.47. The van der Waals surface area contributed by atoms with E-state index in [1.807, 2.05) is 44.3 Å². The van der Waals surface area contributed by atoms with Gasteiger partial charge in [0.05, 0.1) is 34.6 Å². The zero-order valence-electron chi connectivity index (χ0n) is 15.5. The van der Waals surface area contributed by atoms with Gasteiger partial charge in [0.25, 0.3) is 5.56 Å². The number of hydrogen-bond donors (Lipinski definition) is 2. The molecule has 0 unspecified atom stereocenters. The van der Waals surface area contributed by atoms with Crippen molar-refractivity contribution in [1.29, 1.82) is 5.26 Å². The summed E-state index contributed by atoms with van der Waals surface area (Å²) < 4.78 is 1.75. The Labute approximate surface area is 161 Å². The quantitative estimate of drug-likeness (QED) is 0.575. The molecule has 2 aromatic carbocycles. The van der Waals surface area contributed by atoms with Crippen LogP contribution in [0.2, 0.25) is 0 Å². The molecule has 7 nitrogen and oxygen atoms in total. The van der Waals surface area contributed by atoms with Gasteiger partial charge in [-0.15, -0.1) is 0 Å². The van der Waals surface area contributed by atoms with Gasteiger partial charge in [-0.1, -0.05) is 18.2 Å². The molecule has 7 heteroatoms. The SMILES string of the molecule is Cc1ccc(-c2c(-c3ccc4c(=O)[nH]nc(CN)c4c3)cnn2C)c(C#N)c1. The van der Waals surface area contributed by atoms with Crippen molar-refractivity contribution in [2.45, 2.75) is 13.5 Å². The Balaban J connectivity index is 1.98. The van der Waals surface area contributed by atoms with Crippen LogP contribution in [0.15, 0.2) is 47.4 Å². The summed E-state index contributed by atoms with van der Waals surface area (Å²) in [6.45, 7) is 2.17. The minimum absolute atomic E-state index is 0.215. The Morgan fingerprint density at radius 3 is 2.75 bits per heavy atom. The number of hydrogen-bond acceptors (Lipinski definition) is 5. The van der Waals surface area contributed by atoms with Gasteiger partial charge in [0.2, 0.25) is 0 Å². The molecule has 0 bridgehead atoms. The van der Waals surface area contributed by atoms with Crippen molar-refractivity contribution < 1.29 is 0 Å². The zero-order valence-corrected chi connectivity index (χ0v) is 15.5. The molecule has 28 heavy (non-hydrogen) atoms. The molecular weight excluding hydrogens is 352 g/mol. The lowest BCUT2D eigenvalue weighted by atomic mass is 9.95. The maximum absolute atomic E-state index is 12.1. The predicted octanol–water partition coefficient (Wildman–Crippen LogP) is 2.63. The molecule has 4 aromatic rings. The van der Waals surface area contributed by atoms with Crippen molar-refractivity contribution in [3.8, 4) is 28.5 Å². The third-order valence-corrected chi connectivity index (χ3v) is 4.86. The summed E-state index contributed by atoms with van der Waals surface area (Å²) in [4.78, 5) is 12.1. The first kappa shape index (κ1) is 17.6. The Kier molecular flexibility index (Phi) is 4.26. The number of aromatic nitrogens is 4. The smallest absolute Gasteiger partial charge is 0.272 e. The molecule has 0 radical (unpaired) electrons. The molecule has 2 aromatic heterocycles. The highest BCUT2D eigenvalue weighted by atomic mass is 16.1. The Hall–Kier alpha value is -3.76. The van der Waals surface area contributed by atoms with Gasteiger partial charge in [-0.05, 0) is 36.2 Å². The molecule has 4 rings (SSSR count). The van der Waals surface area contributed by atoms with Crippen LogP contribution >= 0.6 is 0 Å². The van der Waals surface area contributed by atoms with E-state index in [1.54, 1.807) is 16.9 Å². The number of nitriles is 1. The molecular formula is C21H18N6O. The van der Waals surface area contributed by atoms with Crippen molar-refractivity contribution >= 4 is 10.8 Å². The minimum atomic E-state index is -0.254. The number of aromatic amines is 1. The van der Waals surface area contributed by atoms with Crippen LogP contribution in [0, 0.1) is 18.3 Å². The summed E-state index contributed by atoms with van der Waals surface area (Å²) in [6.07, 6.45) is 1.76. The molecule has 138 valence electrons. The van der Waals surface area contributed by atoms with Crippen molar-refractivity contribution in [3.63, 3.8) is 0 Å². The number of fused-ring (bicyclic) bond motifs is 1. The highest BCUT2D eigenvalue weighted by molar-refractivity contribution is 5.91. The molecule has 2 heterocycles. The van der Waals surface area contributed by atoms with Crippen molar-refractivity contribution in [3.05, 3.63) is 69.8 Å². The van der Waals surface area contributed by atoms with Crippen LogP contribution in [0.1, 0.15) is 16.8 Å². The number of aryl methyl sites for hydroxylation is 2. The third kappa shape index (κ3) is 2.76. The lowest BCUT2D eigenvalue weighted by Gasteiger charge is -2.10. The molecule has 3 N–H and O–H groups in total. The Bertz CT molecular complexity index is 1310. The molecule has 0 amide bonds. The highest BCUT2D eigenvalue weighted by Crippen LogP contribution is 2.35. The van der Waals surface area contributed by atoms with Gasteiger partial charge in [-0.2, -0.15) is 15.5 Å². The second kappa shape index (κ2) is 6.76. The van der Waals surface area contributed by atoms with E-state index in [9.17, 15) is 10.1 Å². The van der Waals surface area contributed by atoms with Gasteiger partial charge in [0.1, 0.15) is 0 Å². The Morgan fingerprint density at radius 2 is 2.00 bits per heavy atom. The monoisotopic (exact) mass is 370 g/mol. The summed E-state index contributed by atoms with van der Waals surface area (Å²) in [5, 5.41) is 21.8. The van der Waals surface area contributed by atoms with E-state index >= 15 is 0 Å². The van der Waals surface area contributed by atoms with Crippen LogP contribution in [0.3, 0.4) is 0 Å². The van der Waals surface area contributed by atoms with E-state index in [2.05, 4.69) is 21.4 Å². The van der Waals surface area contributed by atoms with Gasteiger partial charge in [-0.25, -0.2) is 5.10 Å². The molecule has 0 aliphatic heterocycles. The van der Waals surface area contributed by atoms with E-state index < -0.39 is 0 Å². The van der Waals surface area contributed by atoms with E-state index in [4.69, 9.17) is 5.73 Å². The average Bonchev–Trinajstić information content (AvgIpc) is 3.09. The summed E-state index contributed by atoms with van der Waals surface area (Å²) >= 11 is 0. The van der Waals surface area contributed by atoms with Crippen LogP contribution in [0.5, 0.6) is 0 Å². The van der Waals surface area contributed by atoms with Crippen molar-refractivity contribution in [2.24, 2.45) is 12.8 Å². The molecule has 0 aliphatic carbocycles. The zero-order chi connectivity index (χ0) is 19.8. The van der Waals surface area contributed by atoms with E-state index in [0.29, 0.717) is 22.0 Å². The maximum atomic E-state index is 12.1. The standard InChI is InChI=1S/C21H18N6O/c1-12-3-5-15(14(7-12)9-22)20-18(11-24-27(20)2)13-4-6-16-17(8-13)19(10-23)25-26-21(16)28/h3-8,11H,10,23H2,1-2H3,(H,26,28). The van der Waals surface area contributed by atoms with Crippen molar-refractivity contribution in [2.75, 3.05) is 0 Å². The first-order chi connectivity index (χ1) is 13.5. The van der Waals surface area contributed by atoms with Crippen LogP contribution in [-0.4, -0.2) is 20.0 Å². The molecule has 0 spiro atoms. The largest absolute Gasteiger partial charge is 0.325 e. The van der Waals surface area contributed by atoms with Gasteiger partial charge in [-0.3, -0.25) is 9.48 Å². The summed E-state index contributed by atoms with van der Waals surface area (Å²) in [6, 6.07) is 13.6. The third-order valence-electron chi connectivity index (χ3n) is 4.86. The number of nitrogens with one attached hydrogen (secondary N) is 1. The number of rotatable bonds is 3. The molecule has 0 aliphatic rings. The minimum Gasteiger partial charge on any atom is -0.325 e. The highest BCUT2D eigenvalue weighted by Gasteiger charge is 2.17. The summed E-state index contributed by atoms with van der Waals surface area (Å²) in [7, 11) is 1.85. The molecule has 0 atom stereocenters. The lowest BCUT2D eigenvalue weighted by molar-refractivity contribution is 0.775. The Morgan fingerprint density at radius 1 is 1.18 bits per heavy atom. The van der Waals surface area contributed by atoms with E-state index in [-0.39, 0.29) is 12.1 Å². The fourth-order valence-corrected chi connectivity index (χ4v) is 3.47. The first-order valence-corrected chi connectivity index (χ1v) is 8.78.